The van der Waals surface area contributed by atoms with Gasteiger partial charge >= 0.3 is 0 Å². The molecule has 0 amide bonds. The zero-order chi connectivity index (χ0) is 15.5. The summed E-state index contributed by atoms with van der Waals surface area (Å²) in [6.45, 7) is 0.888. The first kappa shape index (κ1) is 14.9. The van der Waals surface area contributed by atoms with Crippen molar-refractivity contribution in [3.05, 3.63) is 48.4 Å². The van der Waals surface area contributed by atoms with E-state index in [1.165, 1.54) is 67.7 Å². The van der Waals surface area contributed by atoms with Crippen LogP contribution in [0.25, 0.3) is 10.8 Å². The fourth-order valence-corrected chi connectivity index (χ4v) is 4.36. The molecular formula is C22H27O+. The Labute approximate surface area is 140 Å². The second-order valence-electron chi connectivity index (χ2n) is 7.29. The molecule has 23 heavy (non-hydrogen) atoms. The van der Waals surface area contributed by atoms with Gasteiger partial charge in [-0.15, -0.1) is 0 Å². The Morgan fingerprint density at radius 1 is 0.870 bits per heavy atom. The maximum absolute atomic E-state index is 6.27. The average molecular weight is 307 g/mol. The molecule has 2 saturated carbocycles. The predicted octanol–water partition coefficient (Wildman–Crippen LogP) is 6.27. The van der Waals surface area contributed by atoms with Crippen LogP contribution in [0.3, 0.4) is 0 Å². The Balaban J connectivity index is 1.58. The summed E-state index contributed by atoms with van der Waals surface area (Å²) >= 11 is 0. The van der Waals surface area contributed by atoms with Gasteiger partial charge in [0.25, 0.3) is 0 Å². The zero-order valence-electron chi connectivity index (χ0n) is 14.0. The zero-order valence-corrected chi connectivity index (χ0v) is 14.0. The molecule has 4 rings (SSSR count). The van der Waals surface area contributed by atoms with E-state index in [0.717, 1.165) is 18.3 Å². The summed E-state index contributed by atoms with van der Waals surface area (Å²) in [5.41, 5.74) is 1.49. The van der Waals surface area contributed by atoms with Gasteiger partial charge in [0.15, 0.2) is 0 Å². The Morgan fingerprint density at radius 3 is 2.48 bits per heavy atom. The van der Waals surface area contributed by atoms with Crippen molar-refractivity contribution in [1.29, 1.82) is 0 Å². The van der Waals surface area contributed by atoms with E-state index in [1.807, 2.05) is 0 Å². The molecule has 1 unspecified atom stereocenters. The van der Waals surface area contributed by atoms with E-state index in [1.54, 1.807) is 0 Å². The van der Waals surface area contributed by atoms with Crippen LogP contribution in [-0.4, -0.2) is 6.61 Å². The molecule has 1 heteroatoms. The molecule has 0 saturated heterocycles. The molecule has 0 spiro atoms. The van der Waals surface area contributed by atoms with Crippen molar-refractivity contribution in [2.24, 2.45) is 5.92 Å². The minimum atomic E-state index is 0.632. The van der Waals surface area contributed by atoms with E-state index in [4.69, 9.17) is 4.74 Å². The van der Waals surface area contributed by atoms with Gasteiger partial charge in [0.2, 0.25) is 0 Å². The highest BCUT2D eigenvalue weighted by molar-refractivity contribution is 5.91. The molecule has 2 aromatic carbocycles. The fourth-order valence-electron chi connectivity index (χ4n) is 4.36. The van der Waals surface area contributed by atoms with Gasteiger partial charge in [0.05, 0.1) is 19.4 Å². The fraction of sp³-hybridized carbons (Fsp3) is 0.500. The van der Waals surface area contributed by atoms with E-state index < -0.39 is 0 Å². The van der Waals surface area contributed by atoms with Crippen molar-refractivity contribution in [2.75, 3.05) is 6.61 Å². The van der Waals surface area contributed by atoms with Crippen LogP contribution in [0, 0.1) is 12.3 Å². The van der Waals surface area contributed by atoms with Gasteiger partial charge in [-0.2, -0.15) is 0 Å². The normalized spacial score (nSPS) is 22.2. The van der Waals surface area contributed by atoms with Gasteiger partial charge in [-0.3, -0.25) is 0 Å². The molecule has 2 fully saturated rings. The third kappa shape index (κ3) is 3.20. The van der Waals surface area contributed by atoms with E-state index in [-0.39, 0.29) is 0 Å². The van der Waals surface area contributed by atoms with Gasteiger partial charge < -0.3 is 4.74 Å². The van der Waals surface area contributed by atoms with Crippen molar-refractivity contribution in [3.63, 3.8) is 0 Å². The van der Waals surface area contributed by atoms with Crippen molar-refractivity contribution < 1.29 is 4.74 Å². The minimum absolute atomic E-state index is 0.632. The summed E-state index contributed by atoms with van der Waals surface area (Å²) in [4.78, 5) is 0. The molecule has 120 valence electrons. The van der Waals surface area contributed by atoms with E-state index in [0.29, 0.717) is 5.92 Å². The van der Waals surface area contributed by atoms with Crippen LogP contribution >= 0.6 is 0 Å². The topological polar surface area (TPSA) is 9.23 Å². The molecule has 0 aromatic heterocycles. The summed E-state index contributed by atoms with van der Waals surface area (Å²) in [5, 5.41) is 2.68. The van der Waals surface area contributed by atoms with Crippen LogP contribution in [0.5, 0.6) is 5.75 Å². The largest absolute Gasteiger partial charge is 0.493 e. The maximum Gasteiger partial charge on any atom is 0.127 e. The monoisotopic (exact) mass is 307 g/mol. The second kappa shape index (κ2) is 6.86. The Bertz CT molecular complexity index is 648. The molecule has 2 aliphatic carbocycles. The highest BCUT2D eigenvalue weighted by Crippen LogP contribution is 2.39. The van der Waals surface area contributed by atoms with Crippen molar-refractivity contribution >= 4 is 10.8 Å². The first-order valence-corrected chi connectivity index (χ1v) is 9.39. The number of fused-ring (bicyclic) bond motifs is 1. The highest BCUT2D eigenvalue weighted by atomic mass is 16.5. The minimum Gasteiger partial charge on any atom is -0.493 e. The summed E-state index contributed by atoms with van der Waals surface area (Å²) in [5.74, 6) is 2.46. The number of hydrogen-bond acceptors (Lipinski definition) is 1. The van der Waals surface area contributed by atoms with Gasteiger partial charge in [-0.25, -0.2) is 0 Å². The Morgan fingerprint density at radius 2 is 1.70 bits per heavy atom. The lowest BCUT2D eigenvalue weighted by atomic mass is 9.90. The highest BCUT2D eigenvalue weighted by Gasteiger charge is 2.27. The molecule has 1 nitrogen and oxygen atoms in total. The third-order valence-corrected chi connectivity index (χ3v) is 5.69. The van der Waals surface area contributed by atoms with Crippen molar-refractivity contribution in [3.8, 4) is 5.75 Å². The van der Waals surface area contributed by atoms with E-state index >= 15 is 0 Å². The molecule has 2 aliphatic rings. The molecular weight excluding hydrogens is 280 g/mol. The lowest BCUT2D eigenvalue weighted by Gasteiger charge is -2.22. The number of benzene rings is 2. The lowest BCUT2D eigenvalue weighted by Crippen LogP contribution is -2.15. The molecule has 0 radical (unpaired) electrons. The standard InChI is InChI=1S/C22H27O/c1-2-8-17(9-3-1)16-23-22-15-14-19(18-10-4-5-11-18)20-12-6-7-13-21(20)22/h6-7,10,12-15,17-18H,1-5,8-9,11,16H2/q+1. The maximum atomic E-state index is 6.27. The lowest BCUT2D eigenvalue weighted by molar-refractivity contribution is 0.210. The first-order valence-electron chi connectivity index (χ1n) is 9.39. The third-order valence-electron chi connectivity index (χ3n) is 5.69. The number of rotatable bonds is 4. The van der Waals surface area contributed by atoms with Crippen LogP contribution in [0.15, 0.2) is 36.4 Å². The van der Waals surface area contributed by atoms with Crippen LogP contribution < -0.4 is 4.74 Å². The average Bonchev–Trinajstić information content (AvgIpc) is 3.15. The van der Waals surface area contributed by atoms with E-state index in [9.17, 15) is 0 Å². The van der Waals surface area contributed by atoms with Gasteiger partial charge in [0.1, 0.15) is 11.7 Å². The summed E-state index contributed by atoms with van der Waals surface area (Å²) in [6, 6.07) is 13.3. The van der Waals surface area contributed by atoms with Crippen molar-refractivity contribution in [2.45, 2.75) is 57.3 Å². The Hall–Kier alpha value is -1.63. The quantitative estimate of drug-likeness (QED) is 0.605. The SMILES string of the molecule is c1ccc2c(C3[CH+]CCC3)ccc(OCC3CCCCC3)c2c1. The first-order chi connectivity index (χ1) is 11.4. The number of ether oxygens (including phenoxy) is 1. The number of hydrogen-bond donors (Lipinski definition) is 0. The summed E-state index contributed by atoms with van der Waals surface area (Å²) in [7, 11) is 0. The van der Waals surface area contributed by atoms with Gasteiger partial charge in [-0.1, -0.05) is 49.6 Å². The molecule has 0 bridgehead atoms. The predicted molar refractivity (Wildman–Crippen MR) is 96.9 cm³/mol. The van der Waals surface area contributed by atoms with Crippen LogP contribution in [0.1, 0.15) is 62.8 Å². The van der Waals surface area contributed by atoms with Crippen LogP contribution in [-0.2, 0) is 0 Å². The second-order valence-corrected chi connectivity index (χ2v) is 7.29. The van der Waals surface area contributed by atoms with Crippen LogP contribution in [0.2, 0.25) is 0 Å². The summed E-state index contributed by atoms with van der Waals surface area (Å²) in [6.07, 6.45) is 13.2. The van der Waals surface area contributed by atoms with E-state index in [2.05, 4.69) is 42.8 Å². The smallest absolute Gasteiger partial charge is 0.127 e. The molecule has 1 atom stereocenters. The molecule has 0 heterocycles. The molecule has 2 aromatic rings. The van der Waals surface area contributed by atoms with Crippen LogP contribution in [0.4, 0.5) is 0 Å². The molecule has 0 N–H and O–H groups in total. The Kier molecular flexibility index (Phi) is 4.46. The van der Waals surface area contributed by atoms with Gasteiger partial charge in [0, 0.05) is 10.9 Å². The van der Waals surface area contributed by atoms with Gasteiger partial charge in [-0.05, 0) is 43.1 Å². The molecule has 0 aliphatic heterocycles. The van der Waals surface area contributed by atoms with Crippen molar-refractivity contribution in [1.82, 2.24) is 0 Å². The summed E-state index contributed by atoms with van der Waals surface area (Å²) < 4.78 is 6.27.